The summed E-state index contributed by atoms with van der Waals surface area (Å²) in [5, 5.41) is 18.3. The Bertz CT molecular complexity index is 649. The van der Waals surface area contributed by atoms with Gasteiger partial charge in [-0.2, -0.15) is 5.26 Å². The largest absolute Gasteiger partial charge is 0.389 e. The quantitative estimate of drug-likeness (QED) is 0.863. The van der Waals surface area contributed by atoms with Crippen LogP contribution in [-0.2, 0) is 5.75 Å². The summed E-state index contributed by atoms with van der Waals surface area (Å²) in [5.74, 6) is -0.000809. The van der Waals surface area contributed by atoms with E-state index in [2.05, 4.69) is 0 Å². The van der Waals surface area contributed by atoms with Gasteiger partial charge < -0.3 is 5.11 Å². The third-order valence-corrected chi connectivity index (χ3v) is 3.98. The molecule has 0 radical (unpaired) electrons. The van der Waals surface area contributed by atoms with E-state index in [1.54, 1.807) is 19.1 Å². The third kappa shape index (κ3) is 3.38. The average Bonchev–Trinajstić information content (AvgIpc) is 2.46. The summed E-state index contributed by atoms with van der Waals surface area (Å²) in [7, 11) is 0. The molecular formula is C16H14FNOS. The number of rotatable bonds is 4. The summed E-state index contributed by atoms with van der Waals surface area (Å²) in [6, 6.07) is 14.2. The van der Waals surface area contributed by atoms with Crippen molar-refractivity contribution in [3.8, 4) is 6.07 Å². The lowest BCUT2D eigenvalue weighted by atomic mass is 10.1. The van der Waals surface area contributed by atoms with E-state index in [0.717, 1.165) is 10.5 Å². The lowest BCUT2D eigenvalue weighted by Gasteiger charge is -2.08. The molecule has 0 fully saturated rings. The molecule has 0 heterocycles. The highest BCUT2D eigenvalue weighted by atomic mass is 32.2. The highest BCUT2D eigenvalue weighted by Gasteiger charge is 2.08. The Hall–Kier alpha value is -1.83. The van der Waals surface area contributed by atoms with Crippen molar-refractivity contribution >= 4 is 11.8 Å². The molecule has 2 rings (SSSR count). The zero-order valence-corrected chi connectivity index (χ0v) is 11.8. The van der Waals surface area contributed by atoms with Gasteiger partial charge in [0.2, 0.25) is 0 Å². The third-order valence-electron chi connectivity index (χ3n) is 2.93. The van der Waals surface area contributed by atoms with Crippen LogP contribution < -0.4 is 0 Å². The molecule has 0 aliphatic carbocycles. The highest BCUT2D eigenvalue weighted by Crippen LogP contribution is 2.27. The van der Waals surface area contributed by atoms with Gasteiger partial charge in [0.1, 0.15) is 11.9 Å². The monoisotopic (exact) mass is 287 g/mol. The molecule has 0 saturated heterocycles. The van der Waals surface area contributed by atoms with E-state index in [1.165, 1.54) is 17.8 Å². The molecule has 0 bridgehead atoms. The Morgan fingerprint density at radius 1 is 1.30 bits per heavy atom. The van der Waals surface area contributed by atoms with Crippen LogP contribution in [0.3, 0.4) is 0 Å². The number of aliphatic hydroxyl groups is 1. The van der Waals surface area contributed by atoms with Crippen LogP contribution in [0.4, 0.5) is 4.39 Å². The Morgan fingerprint density at radius 2 is 2.05 bits per heavy atom. The van der Waals surface area contributed by atoms with Crippen molar-refractivity contribution in [3.05, 3.63) is 65.0 Å². The van der Waals surface area contributed by atoms with Crippen molar-refractivity contribution in [1.82, 2.24) is 0 Å². The molecular weight excluding hydrogens is 273 g/mol. The average molecular weight is 287 g/mol. The second-order valence-corrected chi connectivity index (χ2v) is 5.48. The van der Waals surface area contributed by atoms with Crippen molar-refractivity contribution in [2.45, 2.75) is 23.7 Å². The molecule has 0 aliphatic heterocycles. The number of nitriles is 1. The number of benzene rings is 2. The number of thioether (sulfide) groups is 1. The molecule has 0 spiro atoms. The van der Waals surface area contributed by atoms with Crippen LogP contribution in [0.5, 0.6) is 0 Å². The van der Waals surface area contributed by atoms with Crippen LogP contribution in [0.15, 0.2) is 47.4 Å². The lowest BCUT2D eigenvalue weighted by Crippen LogP contribution is -1.93. The van der Waals surface area contributed by atoms with Gasteiger partial charge in [-0.25, -0.2) is 4.39 Å². The molecule has 2 nitrogen and oxygen atoms in total. The SMILES string of the molecule is CC(O)c1cccc(SCc2cccc(C#N)c2F)c1. The summed E-state index contributed by atoms with van der Waals surface area (Å²) < 4.78 is 13.9. The van der Waals surface area contributed by atoms with Gasteiger partial charge in [0.15, 0.2) is 0 Å². The topological polar surface area (TPSA) is 44.0 Å². The van der Waals surface area contributed by atoms with Crippen LogP contribution in [0.1, 0.15) is 29.7 Å². The van der Waals surface area contributed by atoms with E-state index in [9.17, 15) is 9.50 Å². The molecule has 1 unspecified atom stereocenters. The molecule has 1 atom stereocenters. The zero-order chi connectivity index (χ0) is 14.5. The molecule has 2 aromatic carbocycles. The smallest absolute Gasteiger partial charge is 0.144 e. The molecule has 20 heavy (non-hydrogen) atoms. The molecule has 2 aromatic rings. The summed E-state index contributed by atoms with van der Waals surface area (Å²) >= 11 is 1.48. The predicted molar refractivity (Wildman–Crippen MR) is 77.8 cm³/mol. The fourth-order valence-corrected chi connectivity index (χ4v) is 2.74. The standard InChI is InChI=1S/C16H14FNOS/c1-11(19)12-4-3-7-15(8-12)20-10-14-6-2-5-13(9-18)16(14)17/h2-8,11,19H,10H2,1H3. The van der Waals surface area contributed by atoms with E-state index < -0.39 is 11.9 Å². The maximum Gasteiger partial charge on any atom is 0.144 e. The second kappa shape index (κ2) is 6.56. The fraction of sp³-hybridized carbons (Fsp3) is 0.188. The maximum absolute atomic E-state index is 13.9. The molecule has 1 N–H and O–H groups in total. The first-order chi connectivity index (χ1) is 9.61. The molecule has 102 valence electrons. The van der Waals surface area contributed by atoms with Crippen LogP contribution in [-0.4, -0.2) is 5.11 Å². The Morgan fingerprint density at radius 3 is 2.75 bits per heavy atom. The van der Waals surface area contributed by atoms with E-state index in [-0.39, 0.29) is 5.56 Å². The summed E-state index contributed by atoms with van der Waals surface area (Å²) in [4.78, 5) is 0.963. The number of halogens is 1. The van der Waals surface area contributed by atoms with Gasteiger partial charge in [-0.15, -0.1) is 11.8 Å². The van der Waals surface area contributed by atoms with Gasteiger partial charge in [0.05, 0.1) is 11.7 Å². The Balaban J connectivity index is 2.13. The molecule has 0 aromatic heterocycles. The number of nitrogens with zero attached hydrogens (tertiary/aromatic N) is 1. The Kier molecular flexibility index (Phi) is 4.78. The van der Waals surface area contributed by atoms with Crippen molar-refractivity contribution in [2.75, 3.05) is 0 Å². The summed E-state index contributed by atoms with van der Waals surface area (Å²) in [6.45, 7) is 1.71. The highest BCUT2D eigenvalue weighted by molar-refractivity contribution is 7.98. The summed E-state index contributed by atoms with van der Waals surface area (Å²) in [6.07, 6.45) is -0.519. The van der Waals surface area contributed by atoms with Gasteiger partial charge in [0, 0.05) is 10.6 Å². The molecule has 0 amide bonds. The van der Waals surface area contributed by atoms with Gasteiger partial charge in [-0.3, -0.25) is 0 Å². The minimum absolute atomic E-state index is 0.0702. The molecule has 0 saturated carbocycles. The number of aliphatic hydroxyl groups excluding tert-OH is 1. The van der Waals surface area contributed by atoms with Crippen molar-refractivity contribution in [2.24, 2.45) is 0 Å². The van der Waals surface area contributed by atoms with Crippen LogP contribution in [0.25, 0.3) is 0 Å². The first kappa shape index (κ1) is 14.6. The first-order valence-corrected chi connectivity index (χ1v) is 7.18. The van der Waals surface area contributed by atoms with E-state index in [4.69, 9.17) is 5.26 Å². The van der Waals surface area contributed by atoms with Gasteiger partial charge in [-0.1, -0.05) is 24.3 Å². The van der Waals surface area contributed by atoms with Crippen molar-refractivity contribution < 1.29 is 9.50 Å². The van der Waals surface area contributed by atoms with Crippen LogP contribution in [0, 0.1) is 17.1 Å². The summed E-state index contributed by atoms with van der Waals surface area (Å²) in [5.41, 5.74) is 1.42. The second-order valence-electron chi connectivity index (χ2n) is 4.43. The lowest BCUT2D eigenvalue weighted by molar-refractivity contribution is 0.199. The minimum atomic E-state index is -0.519. The van der Waals surface area contributed by atoms with Crippen molar-refractivity contribution in [3.63, 3.8) is 0 Å². The predicted octanol–water partition coefficient (Wildman–Crippen LogP) is 4.04. The zero-order valence-electron chi connectivity index (χ0n) is 11.0. The van der Waals surface area contributed by atoms with Gasteiger partial charge in [0.25, 0.3) is 0 Å². The molecule has 0 aliphatic rings. The molecule has 4 heteroatoms. The maximum atomic E-state index is 13.9. The number of hydrogen-bond donors (Lipinski definition) is 1. The first-order valence-electron chi connectivity index (χ1n) is 6.20. The van der Waals surface area contributed by atoms with Crippen LogP contribution >= 0.6 is 11.8 Å². The normalized spacial score (nSPS) is 11.9. The minimum Gasteiger partial charge on any atom is -0.389 e. The van der Waals surface area contributed by atoms with Crippen molar-refractivity contribution in [1.29, 1.82) is 5.26 Å². The van der Waals surface area contributed by atoms with E-state index >= 15 is 0 Å². The fourth-order valence-electron chi connectivity index (χ4n) is 1.80. The van der Waals surface area contributed by atoms with Crippen LogP contribution in [0.2, 0.25) is 0 Å². The number of hydrogen-bond acceptors (Lipinski definition) is 3. The van der Waals surface area contributed by atoms with E-state index in [1.807, 2.05) is 30.3 Å². The van der Waals surface area contributed by atoms with Gasteiger partial charge >= 0.3 is 0 Å². The van der Waals surface area contributed by atoms with E-state index in [0.29, 0.717) is 11.3 Å². The van der Waals surface area contributed by atoms with Gasteiger partial charge in [-0.05, 0) is 36.2 Å². The Labute approximate surface area is 121 Å².